The Hall–Kier alpha value is -3.19. The van der Waals surface area contributed by atoms with Gasteiger partial charge in [-0.3, -0.25) is 4.99 Å². The maximum Gasteiger partial charge on any atom is 0.0473 e. The Bertz CT molecular complexity index is 993. The molecule has 0 aromatic heterocycles. The zero-order valence-corrected chi connectivity index (χ0v) is 17.9. The van der Waals surface area contributed by atoms with Crippen molar-refractivity contribution in [3.63, 3.8) is 0 Å². The molecule has 0 saturated heterocycles. The van der Waals surface area contributed by atoms with Crippen LogP contribution in [0.3, 0.4) is 0 Å². The lowest BCUT2D eigenvalue weighted by molar-refractivity contribution is 0.852. The minimum absolute atomic E-state index is 0.861. The summed E-state index contributed by atoms with van der Waals surface area (Å²) in [6, 6.07) is 0. The molecule has 0 aromatic carbocycles. The average Bonchev–Trinajstić information content (AvgIpc) is 2.81. The lowest BCUT2D eigenvalue weighted by Gasteiger charge is -2.21. The topological polar surface area (TPSA) is 12.4 Å². The minimum atomic E-state index is 0.861. The van der Waals surface area contributed by atoms with E-state index in [0.717, 1.165) is 54.5 Å². The third-order valence-electron chi connectivity index (χ3n) is 5.70. The molecule has 30 heavy (non-hydrogen) atoms. The second kappa shape index (κ2) is 10.5. The molecule has 2 aliphatic carbocycles. The molecular formula is C29H31N. The van der Waals surface area contributed by atoms with E-state index in [1.54, 1.807) is 6.08 Å². The summed E-state index contributed by atoms with van der Waals surface area (Å²) >= 11 is 0. The Labute approximate surface area is 181 Å². The van der Waals surface area contributed by atoms with Gasteiger partial charge in [-0.1, -0.05) is 87.1 Å². The van der Waals surface area contributed by atoms with Crippen LogP contribution in [0.15, 0.2) is 137 Å². The number of aliphatic imine (C=N–C) groups is 1. The zero-order valence-electron chi connectivity index (χ0n) is 17.9. The first-order valence-electron chi connectivity index (χ1n) is 10.6. The molecule has 0 fully saturated rings. The van der Waals surface area contributed by atoms with Gasteiger partial charge in [-0.15, -0.1) is 0 Å². The Morgan fingerprint density at radius 2 is 1.43 bits per heavy atom. The first-order valence-corrected chi connectivity index (χ1v) is 10.6. The number of allylic oxidation sites excluding steroid dienone is 17. The number of nitrogens with zero attached hydrogens (tertiary/aromatic N) is 1. The predicted molar refractivity (Wildman–Crippen MR) is 133 cm³/mol. The molecule has 0 saturated carbocycles. The predicted octanol–water partition coefficient (Wildman–Crippen LogP) is 8.00. The van der Waals surface area contributed by atoms with Gasteiger partial charge in [-0.25, -0.2) is 0 Å². The summed E-state index contributed by atoms with van der Waals surface area (Å²) in [5, 5.41) is 0. The van der Waals surface area contributed by atoms with Gasteiger partial charge in [-0.2, -0.15) is 0 Å². The average molecular weight is 394 g/mol. The monoisotopic (exact) mass is 393 g/mol. The third kappa shape index (κ3) is 5.67. The fourth-order valence-electron chi connectivity index (χ4n) is 3.76. The van der Waals surface area contributed by atoms with Crippen molar-refractivity contribution in [1.29, 1.82) is 0 Å². The van der Waals surface area contributed by atoms with Gasteiger partial charge in [0.25, 0.3) is 0 Å². The first-order chi connectivity index (χ1) is 14.6. The van der Waals surface area contributed by atoms with Gasteiger partial charge in [0.1, 0.15) is 0 Å². The lowest BCUT2D eigenvalue weighted by atomic mass is 9.85. The van der Waals surface area contributed by atoms with Gasteiger partial charge in [0.05, 0.1) is 0 Å². The molecule has 152 valence electrons. The SMILES string of the molecule is C=C/C=C\C(=C)C(=C)/C=C\C(=C)C1=NC=C(C2=CC=C(C3=CC=CCC3)CC2)CC1. The molecule has 1 aliphatic heterocycles. The molecule has 1 nitrogen and oxygen atoms in total. The van der Waals surface area contributed by atoms with Crippen molar-refractivity contribution < 1.29 is 0 Å². The van der Waals surface area contributed by atoms with E-state index in [2.05, 4.69) is 56.7 Å². The first kappa shape index (κ1) is 21.5. The van der Waals surface area contributed by atoms with Crippen LogP contribution in [0.25, 0.3) is 0 Å². The van der Waals surface area contributed by atoms with E-state index in [9.17, 15) is 0 Å². The molecule has 0 unspecified atom stereocenters. The van der Waals surface area contributed by atoms with E-state index in [0.29, 0.717) is 0 Å². The van der Waals surface area contributed by atoms with Gasteiger partial charge >= 0.3 is 0 Å². The highest BCUT2D eigenvalue weighted by Gasteiger charge is 2.16. The summed E-state index contributed by atoms with van der Waals surface area (Å²) in [5.41, 5.74) is 9.48. The maximum absolute atomic E-state index is 4.71. The molecule has 0 radical (unpaired) electrons. The van der Waals surface area contributed by atoms with Crippen LogP contribution in [0.1, 0.15) is 38.5 Å². The van der Waals surface area contributed by atoms with Crippen LogP contribution in [-0.4, -0.2) is 5.71 Å². The molecule has 0 spiro atoms. The van der Waals surface area contributed by atoms with E-state index >= 15 is 0 Å². The largest absolute Gasteiger partial charge is 0.260 e. The molecule has 0 amide bonds. The molecule has 3 aliphatic rings. The van der Waals surface area contributed by atoms with Gasteiger partial charge < -0.3 is 0 Å². The highest BCUT2D eigenvalue weighted by molar-refractivity contribution is 6.03. The second-order valence-electron chi connectivity index (χ2n) is 7.78. The minimum Gasteiger partial charge on any atom is -0.260 e. The summed E-state index contributed by atoms with van der Waals surface area (Å²) < 4.78 is 0. The Balaban J connectivity index is 1.62. The van der Waals surface area contributed by atoms with Crippen LogP contribution < -0.4 is 0 Å². The van der Waals surface area contributed by atoms with E-state index in [1.165, 1.54) is 28.7 Å². The van der Waals surface area contributed by atoms with Crippen molar-refractivity contribution in [1.82, 2.24) is 0 Å². The van der Waals surface area contributed by atoms with E-state index in [-0.39, 0.29) is 0 Å². The number of hydrogen-bond acceptors (Lipinski definition) is 1. The summed E-state index contributed by atoms with van der Waals surface area (Å²) in [7, 11) is 0. The number of hydrogen-bond donors (Lipinski definition) is 0. The van der Waals surface area contributed by atoms with Crippen molar-refractivity contribution >= 4 is 5.71 Å². The van der Waals surface area contributed by atoms with Crippen molar-refractivity contribution in [2.75, 3.05) is 0 Å². The molecule has 1 heteroatoms. The lowest BCUT2D eigenvalue weighted by Crippen LogP contribution is -2.07. The zero-order chi connectivity index (χ0) is 21.3. The third-order valence-corrected chi connectivity index (χ3v) is 5.70. The summed E-state index contributed by atoms with van der Waals surface area (Å²) in [5.74, 6) is 0. The molecule has 0 bridgehead atoms. The highest BCUT2D eigenvalue weighted by atomic mass is 14.7. The van der Waals surface area contributed by atoms with Crippen LogP contribution >= 0.6 is 0 Å². The standard InChI is InChI=1S/C29H31N/c1-5-6-10-22(2)23(3)13-14-24(4)29-20-19-28(21-30-29)27-17-15-26(16-18-27)25-11-8-7-9-12-25/h5-8,10-11,13-15,17,21H,1-4,9,12,16,18-20H2/b10-6-,14-13-. The van der Waals surface area contributed by atoms with E-state index < -0.39 is 0 Å². The Morgan fingerprint density at radius 3 is 2.03 bits per heavy atom. The molecular weight excluding hydrogens is 362 g/mol. The van der Waals surface area contributed by atoms with Gasteiger partial charge in [0, 0.05) is 11.9 Å². The maximum atomic E-state index is 4.71. The van der Waals surface area contributed by atoms with Crippen molar-refractivity contribution in [3.8, 4) is 0 Å². The van der Waals surface area contributed by atoms with Crippen molar-refractivity contribution in [3.05, 3.63) is 132 Å². The summed E-state index contributed by atoms with van der Waals surface area (Å²) in [6.45, 7) is 15.9. The molecule has 3 rings (SSSR count). The van der Waals surface area contributed by atoms with Gasteiger partial charge in [0.15, 0.2) is 0 Å². The van der Waals surface area contributed by atoms with Gasteiger partial charge in [-0.05, 0) is 77.5 Å². The van der Waals surface area contributed by atoms with Crippen LogP contribution in [0.4, 0.5) is 0 Å². The normalized spacial score (nSPS) is 19.0. The van der Waals surface area contributed by atoms with E-state index in [4.69, 9.17) is 4.99 Å². The Morgan fingerprint density at radius 1 is 0.767 bits per heavy atom. The quantitative estimate of drug-likeness (QED) is 0.370. The fourth-order valence-corrected chi connectivity index (χ4v) is 3.76. The Kier molecular flexibility index (Phi) is 7.57. The number of rotatable bonds is 8. The van der Waals surface area contributed by atoms with Crippen LogP contribution in [0.5, 0.6) is 0 Å². The summed E-state index contributed by atoms with van der Waals surface area (Å²) in [4.78, 5) is 4.71. The van der Waals surface area contributed by atoms with Gasteiger partial charge in [0.2, 0.25) is 0 Å². The van der Waals surface area contributed by atoms with Crippen LogP contribution in [0.2, 0.25) is 0 Å². The molecule has 0 aromatic rings. The van der Waals surface area contributed by atoms with E-state index in [1.807, 2.05) is 30.5 Å². The van der Waals surface area contributed by atoms with Crippen molar-refractivity contribution in [2.45, 2.75) is 38.5 Å². The molecule has 0 N–H and O–H groups in total. The molecule has 0 atom stereocenters. The summed E-state index contributed by atoms with van der Waals surface area (Å²) in [6.07, 6.45) is 29.2. The smallest absolute Gasteiger partial charge is 0.0473 e. The highest BCUT2D eigenvalue weighted by Crippen LogP contribution is 2.33. The van der Waals surface area contributed by atoms with Crippen molar-refractivity contribution in [2.24, 2.45) is 4.99 Å². The molecule has 1 heterocycles. The second-order valence-corrected chi connectivity index (χ2v) is 7.78. The van der Waals surface area contributed by atoms with Crippen LogP contribution in [-0.2, 0) is 0 Å². The van der Waals surface area contributed by atoms with Crippen LogP contribution in [0, 0.1) is 0 Å². The fraction of sp³-hybridized carbons (Fsp3) is 0.207.